The van der Waals surface area contributed by atoms with E-state index in [0.29, 0.717) is 30.7 Å². The molecular weight excluding hydrogens is 268 g/mol. The smallest absolute Gasteiger partial charge is 0.311 e. The molecule has 1 aromatic carbocycles. The van der Waals surface area contributed by atoms with Gasteiger partial charge in [-0.25, -0.2) is 0 Å². The van der Waals surface area contributed by atoms with Crippen LogP contribution in [0, 0.1) is 22.0 Å². The van der Waals surface area contributed by atoms with Crippen molar-refractivity contribution in [2.75, 3.05) is 13.2 Å². The summed E-state index contributed by atoms with van der Waals surface area (Å²) < 4.78 is 5.64. The van der Waals surface area contributed by atoms with Crippen molar-refractivity contribution in [3.05, 3.63) is 33.9 Å². The number of nitrogens with zero attached hydrogens (tertiary/aromatic N) is 1. The zero-order chi connectivity index (χ0) is 15.2. The van der Waals surface area contributed by atoms with Crippen LogP contribution in [0.1, 0.15) is 38.7 Å². The van der Waals surface area contributed by atoms with Gasteiger partial charge >= 0.3 is 5.69 Å². The first-order chi connectivity index (χ1) is 10.1. The van der Waals surface area contributed by atoms with Crippen molar-refractivity contribution in [2.24, 2.45) is 11.8 Å². The second-order valence-electron chi connectivity index (χ2n) is 6.19. The molecule has 1 aliphatic carbocycles. The Kier molecular flexibility index (Phi) is 5.56. The van der Waals surface area contributed by atoms with Gasteiger partial charge in [0.1, 0.15) is 0 Å². The number of benzene rings is 1. The summed E-state index contributed by atoms with van der Waals surface area (Å²) in [5.74, 6) is 1.52. The Morgan fingerprint density at radius 1 is 1.43 bits per heavy atom. The summed E-state index contributed by atoms with van der Waals surface area (Å²) in [4.78, 5) is 10.8. The lowest BCUT2D eigenvalue weighted by Crippen LogP contribution is -2.20. The maximum Gasteiger partial charge on any atom is 0.311 e. The molecule has 0 saturated heterocycles. The average Bonchev–Trinajstić information content (AvgIpc) is 2.37. The molecule has 0 aliphatic heterocycles. The molecule has 0 radical (unpaired) electrons. The monoisotopic (exact) mass is 292 g/mol. The van der Waals surface area contributed by atoms with Crippen molar-refractivity contribution in [2.45, 2.75) is 39.7 Å². The van der Waals surface area contributed by atoms with Gasteiger partial charge in [-0.2, -0.15) is 0 Å². The standard InChI is InChI=1S/C16H24N2O3/c1-12(2)9-17-10-14-6-7-16(15(8-14)18(19)20)21-11-13-4-3-5-13/h6-8,12-13,17H,3-5,9-11H2,1-2H3. The van der Waals surface area contributed by atoms with Crippen molar-refractivity contribution in [1.82, 2.24) is 5.32 Å². The minimum absolute atomic E-state index is 0.0678. The normalized spacial score (nSPS) is 15.0. The van der Waals surface area contributed by atoms with Crippen molar-refractivity contribution < 1.29 is 9.66 Å². The topological polar surface area (TPSA) is 64.4 Å². The first kappa shape index (κ1) is 15.8. The Morgan fingerprint density at radius 3 is 2.76 bits per heavy atom. The Bertz CT molecular complexity index is 484. The Labute approximate surface area is 125 Å². The van der Waals surface area contributed by atoms with E-state index in [9.17, 15) is 10.1 Å². The van der Waals surface area contributed by atoms with Gasteiger partial charge in [0.15, 0.2) is 5.75 Å². The molecule has 0 atom stereocenters. The lowest BCUT2D eigenvalue weighted by atomic mass is 9.86. The van der Waals surface area contributed by atoms with Gasteiger partial charge in [-0.3, -0.25) is 10.1 Å². The zero-order valence-electron chi connectivity index (χ0n) is 12.8. The number of rotatable bonds is 8. The molecule has 2 rings (SSSR count). The average molecular weight is 292 g/mol. The second-order valence-corrected chi connectivity index (χ2v) is 6.19. The van der Waals surface area contributed by atoms with Crippen LogP contribution in [0.3, 0.4) is 0 Å². The van der Waals surface area contributed by atoms with E-state index in [1.54, 1.807) is 12.1 Å². The number of nitro groups is 1. The maximum atomic E-state index is 11.2. The van der Waals surface area contributed by atoms with Gasteiger partial charge in [-0.05, 0) is 42.9 Å². The van der Waals surface area contributed by atoms with E-state index >= 15 is 0 Å². The molecule has 0 heterocycles. The number of hydrogen-bond donors (Lipinski definition) is 1. The van der Waals surface area contributed by atoms with E-state index in [1.165, 1.54) is 19.3 Å². The Morgan fingerprint density at radius 2 is 2.19 bits per heavy atom. The van der Waals surface area contributed by atoms with E-state index in [1.807, 2.05) is 6.07 Å². The molecule has 21 heavy (non-hydrogen) atoms. The molecule has 1 aromatic rings. The van der Waals surface area contributed by atoms with Crippen LogP contribution in [0.15, 0.2) is 18.2 Å². The van der Waals surface area contributed by atoms with E-state index < -0.39 is 0 Å². The van der Waals surface area contributed by atoms with Gasteiger partial charge in [-0.1, -0.05) is 26.3 Å². The van der Waals surface area contributed by atoms with Crippen LogP contribution in [-0.2, 0) is 6.54 Å². The van der Waals surface area contributed by atoms with Gasteiger partial charge in [0, 0.05) is 12.6 Å². The number of nitro benzene ring substituents is 1. The molecule has 0 unspecified atom stereocenters. The molecule has 1 saturated carbocycles. The predicted octanol–water partition coefficient (Wildman–Crippen LogP) is 3.52. The summed E-state index contributed by atoms with van der Waals surface area (Å²) in [6.07, 6.45) is 3.59. The van der Waals surface area contributed by atoms with Crippen molar-refractivity contribution >= 4 is 5.69 Å². The molecule has 5 nitrogen and oxygen atoms in total. The lowest BCUT2D eigenvalue weighted by Gasteiger charge is -2.25. The van der Waals surface area contributed by atoms with Crippen molar-refractivity contribution in [3.8, 4) is 5.75 Å². The minimum Gasteiger partial charge on any atom is -0.487 e. The molecule has 1 aliphatic rings. The largest absolute Gasteiger partial charge is 0.487 e. The first-order valence-corrected chi connectivity index (χ1v) is 7.67. The van der Waals surface area contributed by atoms with Gasteiger partial charge in [0.25, 0.3) is 0 Å². The number of nitrogens with one attached hydrogen (secondary N) is 1. The van der Waals surface area contributed by atoms with E-state index in [4.69, 9.17) is 4.74 Å². The SMILES string of the molecule is CC(C)CNCc1ccc(OCC2CCC2)c([N+](=O)[O-])c1. The van der Waals surface area contributed by atoms with Crippen LogP contribution in [0.4, 0.5) is 5.69 Å². The summed E-state index contributed by atoms with van der Waals surface area (Å²) in [7, 11) is 0. The predicted molar refractivity (Wildman–Crippen MR) is 82.5 cm³/mol. The number of hydrogen-bond acceptors (Lipinski definition) is 4. The molecular formula is C16H24N2O3. The van der Waals surface area contributed by atoms with Crippen LogP contribution in [0.25, 0.3) is 0 Å². The van der Waals surface area contributed by atoms with Crippen LogP contribution < -0.4 is 10.1 Å². The van der Waals surface area contributed by atoms with Crippen molar-refractivity contribution in [3.63, 3.8) is 0 Å². The number of ether oxygens (including phenoxy) is 1. The molecule has 0 amide bonds. The molecule has 0 spiro atoms. The highest BCUT2D eigenvalue weighted by molar-refractivity contribution is 5.48. The molecule has 0 bridgehead atoms. The van der Waals surface area contributed by atoms with Gasteiger partial charge in [0.05, 0.1) is 11.5 Å². The highest BCUT2D eigenvalue weighted by atomic mass is 16.6. The zero-order valence-corrected chi connectivity index (χ0v) is 12.8. The first-order valence-electron chi connectivity index (χ1n) is 7.67. The Balaban J connectivity index is 1.98. The summed E-state index contributed by atoms with van der Waals surface area (Å²) in [6.45, 7) is 6.39. The fourth-order valence-electron chi connectivity index (χ4n) is 2.31. The molecule has 1 N–H and O–H groups in total. The highest BCUT2D eigenvalue weighted by Gasteiger charge is 2.21. The third kappa shape index (κ3) is 4.70. The summed E-state index contributed by atoms with van der Waals surface area (Å²) >= 11 is 0. The lowest BCUT2D eigenvalue weighted by molar-refractivity contribution is -0.386. The maximum absolute atomic E-state index is 11.2. The quantitative estimate of drug-likeness (QED) is 0.588. The third-order valence-electron chi connectivity index (χ3n) is 3.80. The van der Waals surface area contributed by atoms with Gasteiger partial charge in [-0.15, -0.1) is 0 Å². The summed E-state index contributed by atoms with van der Waals surface area (Å²) in [5, 5.41) is 14.5. The molecule has 0 aromatic heterocycles. The van der Waals surface area contributed by atoms with E-state index in [0.717, 1.165) is 12.1 Å². The molecule has 5 heteroatoms. The third-order valence-corrected chi connectivity index (χ3v) is 3.80. The van der Waals surface area contributed by atoms with Gasteiger partial charge in [0.2, 0.25) is 0 Å². The fraction of sp³-hybridized carbons (Fsp3) is 0.625. The second kappa shape index (κ2) is 7.41. The molecule has 116 valence electrons. The van der Waals surface area contributed by atoms with Crippen LogP contribution in [0.5, 0.6) is 5.75 Å². The van der Waals surface area contributed by atoms with E-state index in [2.05, 4.69) is 19.2 Å². The van der Waals surface area contributed by atoms with Crippen LogP contribution >= 0.6 is 0 Å². The van der Waals surface area contributed by atoms with Crippen molar-refractivity contribution in [1.29, 1.82) is 0 Å². The highest BCUT2D eigenvalue weighted by Crippen LogP contribution is 2.31. The van der Waals surface area contributed by atoms with Gasteiger partial charge < -0.3 is 10.1 Å². The summed E-state index contributed by atoms with van der Waals surface area (Å²) in [5.41, 5.74) is 0.983. The fourth-order valence-corrected chi connectivity index (χ4v) is 2.31. The molecule has 1 fully saturated rings. The van der Waals surface area contributed by atoms with Crippen LogP contribution in [-0.4, -0.2) is 18.1 Å². The minimum atomic E-state index is -0.359. The van der Waals surface area contributed by atoms with Crippen LogP contribution in [0.2, 0.25) is 0 Å². The summed E-state index contributed by atoms with van der Waals surface area (Å²) in [6, 6.07) is 5.24. The van der Waals surface area contributed by atoms with E-state index in [-0.39, 0.29) is 10.6 Å². The Hall–Kier alpha value is -1.62.